The number of aliphatic hydroxyl groups is 2. The lowest BCUT2D eigenvalue weighted by atomic mass is 10.3. The lowest BCUT2D eigenvalue weighted by Gasteiger charge is -2.11. The van der Waals surface area contributed by atoms with Crippen LogP contribution in [0.1, 0.15) is 26.2 Å². The summed E-state index contributed by atoms with van der Waals surface area (Å²) >= 11 is 0. The van der Waals surface area contributed by atoms with Crippen molar-refractivity contribution in [1.29, 1.82) is 0 Å². The van der Waals surface area contributed by atoms with Gasteiger partial charge in [0.05, 0.1) is 13.2 Å². The van der Waals surface area contributed by atoms with Crippen molar-refractivity contribution in [2.45, 2.75) is 32.3 Å². The van der Waals surface area contributed by atoms with E-state index in [1.165, 1.54) is 0 Å². The van der Waals surface area contributed by atoms with E-state index in [1.807, 2.05) is 0 Å². The highest BCUT2D eigenvalue weighted by molar-refractivity contribution is 4.51. The monoisotopic (exact) mass is 162 g/mol. The maximum Gasteiger partial charge on any atom is 0.104 e. The molecule has 68 valence electrons. The molecule has 0 aliphatic rings. The summed E-state index contributed by atoms with van der Waals surface area (Å²) in [6, 6.07) is 0. The smallest absolute Gasteiger partial charge is 0.104 e. The summed E-state index contributed by atoms with van der Waals surface area (Å²) in [5.41, 5.74) is 0. The minimum atomic E-state index is -0.383. The van der Waals surface area contributed by atoms with Gasteiger partial charge in [0.25, 0.3) is 0 Å². The average molecular weight is 162 g/mol. The van der Waals surface area contributed by atoms with Gasteiger partial charge >= 0.3 is 0 Å². The molecule has 0 atom stereocenters. The largest absolute Gasteiger partial charge is 0.394 e. The fourth-order valence-electron chi connectivity index (χ4n) is 0.765. The second kappa shape index (κ2) is 7.98. The summed E-state index contributed by atoms with van der Waals surface area (Å²) in [5, 5.41) is 17.2. The summed E-state index contributed by atoms with van der Waals surface area (Å²) < 4.78 is 5.14. The molecular formula is C8H18O3. The van der Waals surface area contributed by atoms with E-state index in [2.05, 4.69) is 6.92 Å². The van der Waals surface area contributed by atoms with Crippen LogP contribution >= 0.6 is 0 Å². The molecule has 0 spiro atoms. The number of hydrogen-bond acceptors (Lipinski definition) is 3. The van der Waals surface area contributed by atoms with Crippen molar-refractivity contribution in [2.24, 2.45) is 0 Å². The van der Waals surface area contributed by atoms with Crippen molar-refractivity contribution >= 4 is 0 Å². The zero-order valence-corrected chi connectivity index (χ0v) is 7.12. The maximum absolute atomic E-state index is 8.60. The molecule has 0 aromatic carbocycles. The van der Waals surface area contributed by atoms with E-state index in [-0.39, 0.29) is 19.3 Å². The first-order valence-corrected chi connectivity index (χ1v) is 4.18. The van der Waals surface area contributed by atoms with Gasteiger partial charge in [-0.2, -0.15) is 0 Å². The quantitative estimate of drug-likeness (QED) is 0.537. The number of rotatable bonds is 7. The molecule has 0 rings (SSSR count). The Bertz CT molecular complexity index is 71.7. The van der Waals surface area contributed by atoms with Gasteiger partial charge in [-0.1, -0.05) is 19.8 Å². The second-order valence-corrected chi connectivity index (χ2v) is 2.57. The fourth-order valence-corrected chi connectivity index (χ4v) is 0.765. The third-order valence-corrected chi connectivity index (χ3v) is 1.51. The van der Waals surface area contributed by atoms with Gasteiger partial charge < -0.3 is 14.9 Å². The highest BCUT2D eigenvalue weighted by Crippen LogP contribution is 1.97. The Balaban J connectivity index is 3.07. The van der Waals surface area contributed by atoms with E-state index in [1.54, 1.807) is 0 Å². The van der Waals surface area contributed by atoms with Crippen LogP contribution in [0.15, 0.2) is 0 Å². The molecule has 11 heavy (non-hydrogen) atoms. The molecule has 2 N–H and O–H groups in total. The van der Waals surface area contributed by atoms with Gasteiger partial charge in [0, 0.05) is 6.61 Å². The molecule has 0 aromatic rings. The first-order chi connectivity index (χ1) is 5.35. The molecule has 0 amide bonds. The molecule has 0 bridgehead atoms. The normalized spacial score (nSPS) is 10.9. The Hall–Kier alpha value is -0.120. The van der Waals surface area contributed by atoms with Crippen LogP contribution in [0.2, 0.25) is 0 Å². The zero-order valence-electron chi connectivity index (χ0n) is 7.12. The summed E-state index contributed by atoms with van der Waals surface area (Å²) in [7, 11) is 0. The van der Waals surface area contributed by atoms with Crippen LogP contribution < -0.4 is 0 Å². The predicted octanol–water partition coefficient (Wildman–Crippen LogP) is 0.546. The van der Waals surface area contributed by atoms with Crippen molar-refractivity contribution in [1.82, 2.24) is 0 Å². The van der Waals surface area contributed by atoms with E-state index in [0.29, 0.717) is 6.61 Å². The van der Waals surface area contributed by atoms with E-state index >= 15 is 0 Å². The SMILES string of the molecule is CCCCCOC(CO)CO. The Kier molecular flexibility index (Phi) is 7.89. The number of unbranched alkanes of at least 4 members (excludes halogenated alkanes) is 2. The second-order valence-electron chi connectivity index (χ2n) is 2.57. The van der Waals surface area contributed by atoms with Crippen LogP contribution in [0, 0.1) is 0 Å². The molecule has 0 saturated heterocycles. The van der Waals surface area contributed by atoms with Gasteiger partial charge in [0.15, 0.2) is 0 Å². The summed E-state index contributed by atoms with van der Waals surface area (Å²) in [4.78, 5) is 0. The van der Waals surface area contributed by atoms with Crippen LogP contribution in [-0.2, 0) is 4.74 Å². The molecule has 0 unspecified atom stereocenters. The summed E-state index contributed by atoms with van der Waals surface area (Å²) in [5.74, 6) is 0. The highest BCUT2D eigenvalue weighted by atomic mass is 16.5. The van der Waals surface area contributed by atoms with Crippen molar-refractivity contribution in [3.63, 3.8) is 0 Å². The topological polar surface area (TPSA) is 49.7 Å². The molecule has 0 saturated carbocycles. The molecule has 0 aromatic heterocycles. The Morgan fingerprint density at radius 2 is 1.82 bits per heavy atom. The average Bonchev–Trinajstić information content (AvgIpc) is 2.05. The van der Waals surface area contributed by atoms with Crippen LogP contribution in [-0.4, -0.2) is 36.1 Å². The van der Waals surface area contributed by atoms with Gasteiger partial charge in [-0.05, 0) is 6.42 Å². The summed E-state index contributed by atoms with van der Waals surface area (Å²) in [6.07, 6.45) is 2.93. The van der Waals surface area contributed by atoms with E-state index < -0.39 is 0 Å². The molecule has 0 radical (unpaired) electrons. The molecular weight excluding hydrogens is 144 g/mol. The number of hydrogen-bond donors (Lipinski definition) is 2. The van der Waals surface area contributed by atoms with Crippen LogP contribution in [0.25, 0.3) is 0 Å². The minimum absolute atomic E-state index is 0.0946. The van der Waals surface area contributed by atoms with Crippen molar-refractivity contribution in [3.8, 4) is 0 Å². The minimum Gasteiger partial charge on any atom is -0.394 e. The lowest BCUT2D eigenvalue weighted by molar-refractivity contribution is -0.0207. The molecule has 0 aliphatic heterocycles. The third kappa shape index (κ3) is 6.28. The molecule has 0 heterocycles. The number of ether oxygens (including phenoxy) is 1. The number of aliphatic hydroxyl groups excluding tert-OH is 2. The Labute approximate surface area is 68.0 Å². The van der Waals surface area contributed by atoms with E-state index in [9.17, 15) is 0 Å². The Morgan fingerprint density at radius 3 is 2.27 bits per heavy atom. The molecule has 3 nitrogen and oxygen atoms in total. The first-order valence-electron chi connectivity index (χ1n) is 4.18. The zero-order chi connectivity index (χ0) is 8.53. The molecule has 0 fully saturated rings. The van der Waals surface area contributed by atoms with E-state index in [0.717, 1.165) is 19.3 Å². The first kappa shape index (κ1) is 10.9. The summed E-state index contributed by atoms with van der Waals surface area (Å²) in [6.45, 7) is 2.57. The molecule has 0 aliphatic carbocycles. The third-order valence-electron chi connectivity index (χ3n) is 1.51. The maximum atomic E-state index is 8.60. The van der Waals surface area contributed by atoms with Gasteiger partial charge in [0.2, 0.25) is 0 Å². The van der Waals surface area contributed by atoms with Crippen LogP contribution in [0.5, 0.6) is 0 Å². The van der Waals surface area contributed by atoms with E-state index in [4.69, 9.17) is 14.9 Å². The Morgan fingerprint density at radius 1 is 1.18 bits per heavy atom. The fraction of sp³-hybridized carbons (Fsp3) is 1.00. The van der Waals surface area contributed by atoms with Crippen LogP contribution in [0.4, 0.5) is 0 Å². The predicted molar refractivity (Wildman–Crippen MR) is 43.4 cm³/mol. The van der Waals surface area contributed by atoms with Gasteiger partial charge in [-0.25, -0.2) is 0 Å². The van der Waals surface area contributed by atoms with Gasteiger partial charge in [-0.15, -0.1) is 0 Å². The van der Waals surface area contributed by atoms with Crippen LogP contribution in [0.3, 0.4) is 0 Å². The lowest BCUT2D eigenvalue weighted by Crippen LogP contribution is -2.22. The van der Waals surface area contributed by atoms with Gasteiger partial charge in [-0.3, -0.25) is 0 Å². The van der Waals surface area contributed by atoms with Crippen molar-refractivity contribution < 1.29 is 14.9 Å². The van der Waals surface area contributed by atoms with Crippen molar-refractivity contribution in [2.75, 3.05) is 19.8 Å². The standard InChI is InChI=1S/C8H18O3/c1-2-3-4-5-11-8(6-9)7-10/h8-10H,2-7H2,1H3. The van der Waals surface area contributed by atoms with Crippen molar-refractivity contribution in [3.05, 3.63) is 0 Å². The molecule has 3 heteroatoms. The van der Waals surface area contributed by atoms with Gasteiger partial charge in [0.1, 0.15) is 6.10 Å². The highest BCUT2D eigenvalue weighted by Gasteiger charge is 2.03.